The fraction of sp³-hybridized carbons (Fsp3) is 0.200. The minimum absolute atomic E-state index is 0. The van der Waals surface area contributed by atoms with Crippen LogP contribution < -0.4 is 5.48 Å². The first-order valence-corrected chi connectivity index (χ1v) is 7.46. The summed E-state index contributed by atoms with van der Waals surface area (Å²) in [7, 11) is 0. The summed E-state index contributed by atoms with van der Waals surface area (Å²) < 4.78 is 0. The Morgan fingerprint density at radius 3 is 2.00 bits per heavy atom. The minimum Gasteiger partial charge on any atom is -0.748 e. The molecule has 0 fully saturated rings. The van der Waals surface area contributed by atoms with Crippen molar-refractivity contribution in [2.24, 2.45) is 0 Å². The number of hydrogen-bond acceptors (Lipinski definition) is 2. The van der Waals surface area contributed by atoms with Crippen molar-refractivity contribution in [3.05, 3.63) is 78.4 Å². The molecule has 0 saturated heterocycles. The van der Waals surface area contributed by atoms with E-state index in [1.54, 1.807) is 0 Å². The Kier molecular flexibility index (Phi) is 7.31. The van der Waals surface area contributed by atoms with Crippen LogP contribution in [-0.4, -0.2) is 5.21 Å². The zero-order valence-corrected chi connectivity index (χ0v) is 14.8. The van der Waals surface area contributed by atoms with Crippen LogP contribution in [0.15, 0.2) is 72.8 Å². The molecular weight excluding hydrogens is 326 g/mol. The zero-order valence-electron chi connectivity index (χ0n) is 13.7. The number of hydrogen-bond donors (Lipinski definition) is 2. The van der Waals surface area contributed by atoms with E-state index < -0.39 is 0 Å². The van der Waals surface area contributed by atoms with Crippen molar-refractivity contribution in [2.75, 3.05) is 5.48 Å². The Balaban J connectivity index is 0.000000377. The molecule has 23 heavy (non-hydrogen) atoms. The Morgan fingerprint density at radius 1 is 0.913 bits per heavy atom. The van der Waals surface area contributed by atoms with Crippen molar-refractivity contribution in [1.82, 2.24) is 0 Å². The molecule has 0 bridgehead atoms. The van der Waals surface area contributed by atoms with Crippen LogP contribution in [0.2, 0.25) is 0 Å². The molecule has 0 aliphatic heterocycles. The maximum absolute atomic E-state index is 9.16. The molecule has 0 aliphatic carbocycles. The molecule has 128 valence electrons. The average Bonchev–Trinajstić information content (AvgIpc) is 3.20. The number of nitrogens with one attached hydrogen (secondary N) is 1. The van der Waals surface area contributed by atoms with Crippen molar-refractivity contribution < 1.29 is 22.3 Å². The van der Waals surface area contributed by atoms with E-state index in [1.165, 1.54) is 11.1 Å². The first-order valence-electron chi connectivity index (χ1n) is 7.46. The minimum atomic E-state index is 0. The maximum atomic E-state index is 9.16. The molecule has 0 radical (unpaired) electrons. The van der Waals surface area contributed by atoms with Crippen molar-refractivity contribution in [3.8, 4) is 11.1 Å². The van der Waals surface area contributed by atoms with Gasteiger partial charge in [-0.15, -0.1) is 17.2 Å². The SMILES string of the molecule is CC(C)(C)[c-]1cccc1-c1ccccc1NO.[Fe].[cH-]1[cH-][cH-][cH-][cH-]1. The largest absolute Gasteiger partial charge is 0.748 e. The molecule has 0 heterocycles. The Morgan fingerprint density at radius 2 is 1.48 bits per heavy atom. The molecule has 0 aliphatic rings. The number of para-hydroxylation sites is 1. The third-order valence-corrected chi connectivity index (χ3v) is 3.52. The molecule has 2 N–H and O–H groups in total. The smallest absolute Gasteiger partial charge is 0.0267 e. The van der Waals surface area contributed by atoms with Gasteiger partial charge in [0, 0.05) is 22.8 Å². The van der Waals surface area contributed by atoms with E-state index in [9.17, 15) is 0 Å². The van der Waals surface area contributed by atoms with E-state index in [1.807, 2.05) is 54.6 Å². The average molecular weight is 349 g/mol. The molecule has 0 unspecified atom stereocenters. The van der Waals surface area contributed by atoms with E-state index in [0.29, 0.717) is 0 Å². The Hall–Kier alpha value is -1.80. The van der Waals surface area contributed by atoms with Crippen LogP contribution in [0.5, 0.6) is 0 Å². The second-order valence-corrected chi connectivity index (χ2v) is 6.22. The van der Waals surface area contributed by atoms with E-state index in [2.05, 4.69) is 44.5 Å². The van der Waals surface area contributed by atoms with Crippen molar-refractivity contribution >= 4 is 5.69 Å². The van der Waals surface area contributed by atoms with Gasteiger partial charge in [-0.2, -0.15) is 12.1 Å². The van der Waals surface area contributed by atoms with Crippen LogP contribution in [-0.2, 0) is 22.5 Å². The molecular formula is C20H23FeNO-6. The van der Waals surface area contributed by atoms with Gasteiger partial charge in [0.1, 0.15) is 0 Å². The van der Waals surface area contributed by atoms with Gasteiger partial charge >= 0.3 is 0 Å². The third-order valence-electron chi connectivity index (χ3n) is 3.52. The van der Waals surface area contributed by atoms with Gasteiger partial charge in [0.2, 0.25) is 0 Å². The fourth-order valence-electron chi connectivity index (χ4n) is 2.45. The summed E-state index contributed by atoms with van der Waals surface area (Å²) in [6.45, 7) is 6.59. The number of rotatable bonds is 2. The second kappa shape index (κ2) is 8.73. The van der Waals surface area contributed by atoms with Gasteiger partial charge in [-0.3, -0.25) is 10.7 Å². The summed E-state index contributed by atoms with van der Waals surface area (Å²) in [5.41, 5.74) is 6.60. The molecule has 3 aromatic carbocycles. The van der Waals surface area contributed by atoms with Crippen molar-refractivity contribution in [2.45, 2.75) is 26.2 Å². The molecule has 0 amide bonds. The van der Waals surface area contributed by atoms with E-state index in [0.717, 1.165) is 11.3 Å². The first-order chi connectivity index (χ1) is 10.5. The summed E-state index contributed by atoms with van der Waals surface area (Å²) in [6, 6.07) is 24.1. The molecule has 2 nitrogen and oxygen atoms in total. The maximum Gasteiger partial charge on any atom is 0.0267 e. The number of benzene rings is 1. The van der Waals surface area contributed by atoms with Crippen molar-refractivity contribution in [1.29, 1.82) is 0 Å². The predicted octanol–water partition coefficient (Wildman–Crippen LogP) is 5.57. The topological polar surface area (TPSA) is 32.3 Å². The van der Waals surface area contributed by atoms with Gasteiger partial charge in [0.15, 0.2) is 0 Å². The third kappa shape index (κ3) is 5.11. The predicted molar refractivity (Wildman–Crippen MR) is 93.6 cm³/mol. The summed E-state index contributed by atoms with van der Waals surface area (Å²) in [5.74, 6) is 0. The van der Waals surface area contributed by atoms with Crippen molar-refractivity contribution in [3.63, 3.8) is 0 Å². The van der Waals surface area contributed by atoms with Gasteiger partial charge in [-0.25, -0.2) is 0 Å². The monoisotopic (exact) mass is 349 g/mol. The Labute approximate surface area is 149 Å². The molecule has 3 rings (SSSR count). The molecule has 0 atom stereocenters. The van der Waals surface area contributed by atoms with Gasteiger partial charge in [0.25, 0.3) is 0 Å². The molecule has 3 heteroatoms. The molecule has 0 aromatic heterocycles. The van der Waals surface area contributed by atoms with Crippen LogP contribution in [0.3, 0.4) is 0 Å². The summed E-state index contributed by atoms with van der Waals surface area (Å²) in [5, 5.41) is 9.16. The molecule has 0 saturated carbocycles. The number of anilines is 1. The standard InChI is InChI=1S/C15H18NO.C5H5.Fe/c1-15(2,3)13-9-6-8-11(13)12-7-4-5-10-14(12)16-17;1-2-4-5-3-1;/h4-10,16-17H,1-3H3;1-5H;/q-1;-5;. The van der Waals surface area contributed by atoms with Crippen LogP contribution in [0.1, 0.15) is 26.3 Å². The van der Waals surface area contributed by atoms with Crippen LogP contribution in [0, 0.1) is 0 Å². The molecule has 0 spiro atoms. The van der Waals surface area contributed by atoms with Gasteiger partial charge in [0.05, 0.1) is 0 Å². The van der Waals surface area contributed by atoms with E-state index >= 15 is 0 Å². The molecule has 3 aromatic rings. The second-order valence-electron chi connectivity index (χ2n) is 6.22. The summed E-state index contributed by atoms with van der Waals surface area (Å²) >= 11 is 0. The first kappa shape index (κ1) is 19.2. The van der Waals surface area contributed by atoms with E-state index in [4.69, 9.17) is 5.21 Å². The van der Waals surface area contributed by atoms with Gasteiger partial charge in [-0.1, -0.05) is 44.5 Å². The van der Waals surface area contributed by atoms with Crippen LogP contribution in [0.25, 0.3) is 11.1 Å². The van der Waals surface area contributed by atoms with Gasteiger partial charge in [-0.05, 0) is 11.5 Å². The summed E-state index contributed by atoms with van der Waals surface area (Å²) in [6.07, 6.45) is 0. The quantitative estimate of drug-likeness (QED) is 0.360. The Bertz CT molecular complexity index is 661. The van der Waals surface area contributed by atoms with Crippen LogP contribution in [0.4, 0.5) is 5.69 Å². The summed E-state index contributed by atoms with van der Waals surface area (Å²) in [4.78, 5) is 0. The van der Waals surface area contributed by atoms with Gasteiger partial charge < -0.3 is 30.3 Å². The normalized spacial score (nSPS) is 10.3. The van der Waals surface area contributed by atoms with Crippen LogP contribution >= 0.6 is 0 Å². The zero-order chi connectivity index (χ0) is 16.0. The fourth-order valence-corrected chi connectivity index (χ4v) is 2.45. The van der Waals surface area contributed by atoms with E-state index in [-0.39, 0.29) is 22.5 Å².